The van der Waals surface area contributed by atoms with Crippen LogP contribution in [0.3, 0.4) is 0 Å². The number of nitrogens with zero attached hydrogens (tertiary/aromatic N) is 6. The highest BCUT2D eigenvalue weighted by Gasteiger charge is 2.27. The average Bonchev–Trinajstić information content (AvgIpc) is 4.01. The molecule has 0 saturated carbocycles. The van der Waals surface area contributed by atoms with Crippen LogP contribution < -0.4 is 15.8 Å². The number of aryl methyl sites for hydroxylation is 1. The van der Waals surface area contributed by atoms with Gasteiger partial charge in [0.1, 0.15) is 29.5 Å². The third kappa shape index (κ3) is 6.06. The van der Waals surface area contributed by atoms with Crippen LogP contribution in [0.4, 0.5) is 10.2 Å². The first-order chi connectivity index (χ1) is 25.6. The molecule has 1 aliphatic heterocycles. The number of rotatable bonds is 10. The molecule has 3 aromatic carbocycles. The van der Waals surface area contributed by atoms with Crippen LogP contribution in [0.25, 0.3) is 34.1 Å². The number of hydrogen-bond donors (Lipinski definition) is 2. The molecule has 7 aromatic rings. The number of fused-ring (bicyclic) bond motifs is 2. The van der Waals surface area contributed by atoms with E-state index in [9.17, 15) is 0 Å². The van der Waals surface area contributed by atoms with Gasteiger partial charge in [-0.1, -0.05) is 36.4 Å². The monoisotopic (exact) mass is 694 g/mol. The third-order valence-electron chi connectivity index (χ3n) is 9.60. The van der Waals surface area contributed by atoms with Crippen LogP contribution in [-0.4, -0.2) is 42.5 Å². The quantitative estimate of drug-likeness (QED) is 0.159. The number of nitrogen functional groups attached to an aromatic ring is 1. The van der Waals surface area contributed by atoms with Crippen LogP contribution in [0, 0.1) is 5.82 Å². The maximum absolute atomic E-state index is 15.6. The summed E-state index contributed by atoms with van der Waals surface area (Å²) in [6, 6.07) is 28.9. The van der Waals surface area contributed by atoms with Crippen molar-refractivity contribution in [1.29, 1.82) is 0 Å². The fourth-order valence-electron chi connectivity index (χ4n) is 7.04. The Labute approximate surface area is 298 Å². The molecule has 12 heteroatoms. The summed E-state index contributed by atoms with van der Waals surface area (Å²) in [4.78, 5) is 14.3. The maximum atomic E-state index is 15.6. The van der Waals surface area contributed by atoms with E-state index in [2.05, 4.69) is 33.6 Å². The molecule has 4 aromatic heterocycles. The first-order valence-corrected chi connectivity index (χ1v) is 17.3. The molecule has 3 N–H and O–H groups in total. The lowest BCUT2D eigenvalue weighted by Gasteiger charge is -2.19. The Bertz CT molecular complexity index is 2370. The van der Waals surface area contributed by atoms with Crippen LogP contribution in [0.2, 0.25) is 0 Å². The predicted molar refractivity (Wildman–Crippen MR) is 193 cm³/mol. The van der Waals surface area contributed by atoms with E-state index in [1.807, 2.05) is 71.4 Å². The van der Waals surface area contributed by atoms with Gasteiger partial charge in [0, 0.05) is 48.5 Å². The summed E-state index contributed by atoms with van der Waals surface area (Å²) in [6.07, 6.45) is 6.36. The fraction of sp³-hybridized carbons (Fsp3) is 0.200. The number of ether oxygens (including phenoxy) is 3. The predicted octanol–water partition coefficient (Wildman–Crippen LogP) is 6.79. The van der Waals surface area contributed by atoms with Crippen LogP contribution in [0.15, 0.2) is 110 Å². The highest BCUT2D eigenvalue weighted by atomic mass is 19.1. The Hall–Kier alpha value is -5.95. The van der Waals surface area contributed by atoms with E-state index in [4.69, 9.17) is 29.9 Å². The first-order valence-electron chi connectivity index (χ1n) is 17.3. The SMILES string of the molecule is Nc1ncccc1-c1nc2ccc(-n3cccn3)nc2n1-c1ccc2c(c1)CCC2NCc1cc(C2OCCO2)c(OCc2ccccc2)cc1F. The summed E-state index contributed by atoms with van der Waals surface area (Å²) in [5.74, 6) is 1.78. The summed E-state index contributed by atoms with van der Waals surface area (Å²) in [7, 11) is 0. The van der Waals surface area contributed by atoms with Gasteiger partial charge >= 0.3 is 0 Å². The second-order valence-corrected chi connectivity index (χ2v) is 12.9. The van der Waals surface area contributed by atoms with Crippen molar-refractivity contribution in [2.24, 2.45) is 0 Å². The van der Waals surface area contributed by atoms with Crippen molar-refractivity contribution in [2.45, 2.75) is 38.3 Å². The number of aromatic nitrogens is 6. The fourth-order valence-corrected chi connectivity index (χ4v) is 7.04. The molecule has 52 heavy (non-hydrogen) atoms. The van der Waals surface area contributed by atoms with Crippen LogP contribution in [-0.2, 0) is 29.0 Å². The number of hydrogen-bond acceptors (Lipinski definition) is 9. The molecule has 1 unspecified atom stereocenters. The van der Waals surface area contributed by atoms with Gasteiger partial charge in [0.2, 0.25) is 0 Å². The van der Waals surface area contributed by atoms with Gasteiger partial charge in [-0.2, -0.15) is 5.10 Å². The molecule has 5 heterocycles. The molecular weight excluding hydrogens is 659 g/mol. The van der Waals surface area contributed by atoms with Crippen molar-refractivity contribution in [3.8, 4) is 28.6 Å². The minimum atomic E-state index is -0.605. The summed E-state index contributed by atoms with van der Waals surface area (Å²) >= 11 is 0. The van der Waals surface area contributed by atoms with Gasteiger partial charge < -0.3 is 25.3 Å². The molecule has 0 spiro atoms. The lowest BCUT2D eigenvalue weighted by atomic mass is 10.1. The van der Waals surface area contributed by atoms with E-state index < -0.39 is 6.29 Å². The smallest absolute Gasteiger partial charge is 0.187 e. The van der Waals surface area contributed by atoms with Crippen molar-refractivity contribution in [2.75, 3.05) is 18.9 Å². The van der Waals surface area contributed by atoms with Gasteiger partial charge in [-0.05, 0) is 78.1 Å². The number of benzene rings is 3. The normalized spacial score (nSPS) is 15.8. The Morgan fingerprint density at radius 3 is 2.62 bits per heavy atom. The van der Waals surface area contributed by atoms with Crippen molar-refractivity contribution < 1.29 is 18.6 Å². The molecule has 1 aliphatic carbocycles. The number of pyridine rings is 2. The average molecular weight is 695 g/mol. The summed E-state index contributed by atoms with van der Waals surface area (Å²) < 4.78 is 37.1. The van der Waals surface area contributed by atoms with Crippen molar-refractivity contribution in [3.05, 3.63) is 143 Å². The Morgan fingerprint density at radius 1 is 0.904 bits per heavy atom. The van der Waals surface area contributed by atoms with E-state index in [1.54, 1.807) is 23.1 Å². The van der Waals surface area contributed by atoms with E-state index in [1.165, 1.54) is 17.2 Å². The van der Waals surface area contributed by atoms with Crippen molar-refractivity contribution >= 4 is 17.0 Å². The van der Waals surface area contributed by atoms with E-state index in [0.29, 0.717) is 71.9 Å². The van der Waals surface area contributed by atoms with Crippen LogP contribution >= 0.6 is 0 Å². The topological polar surface area (TPSA) is 127 Å². The lowest BCUT2D eigenvalue weighted by Crippen LogP contribution is -2.20. The molecule has 0 radical (unpaired) electrons. The second kappa shape index (κ2) is 13.6. The zero-order chi connectivity index (χ0) is 35.0. The van der Waals surface area contributed by atoms with Gasteiger partial charge in [-0.3, -0.25) is 4.57 Å². The highest BCUT2D eigenvalue weighted by molar-refractivity contribution is 5.83. The van der Waals surface area contributed by atoms with Gasteiger partial charge in [-0.25, -0.2) is 24.0 Å². The Kier molecular flexibility index (Phi) is 8.39. The Balaban J connectivity index is 1.00. The molecule has 1 fully saturated rings. The minimum absolute atomic E-state index is 0.0393. The van der Waals surface area contributed by atoms with Crippen molar-refractivity contribution in [1.82, 2.24) is 34.6 Å². The van der Waals surface area contributed by atoms with E-state index in [0.717, 1.165) is 29.6 Å². The minimum Gasteiger partial charge on any atom is -0.488 e. The molecule has 1 atom stereocenters. The number of halogens is 1. The standard InChI is InChI=1S/C40H35FN8O3/c41-32-22-35(52-24-25-6-2-1-3-7-25)31(40-50-18-19-51-40)21-27(32)23-44-33-12-9-26-20-28(10-11-29(26)33)49-38(30-8-4-15-43-37(30)42)46-34-13-14-36(47-39(34)49)48-17-5-16-45-48/h1-8,10-11,13-17,20-22,33,40,44H,9,12,18-19,23-24H2,(H2,42,43). The van der Waals surface area contributed by atoms with Gasteiger partial charge in [0.05, 0.1) is 24.3 Å². The number of anilines is 1. The Morgan fingerprint density at radius 2 is 1.79 bits per heavy atom. The van der Waals surface area contributed by atoms with Crippen LogP contribution in [0.5, 0.6) is 5.75 Å². The first kappa shape index (κ1) is 32.0. The largest absolute Gasteiger partial charge is 0.488 e. The molecule has 0 bridgehead atoms. The highest BCUT2D eigenvalue weighted by Crippen LogP contribution is 2.38. The van der Waals surface area contributed by atoms with E-state index >= 15 is 4.39 Å². The molecule has 9 rings (SSSR count). The molecular formula is C40H35FN8O3. The molecule has 260 valence electrons. The molecule has 1 saturated heterocycles. The number of nitrogens with one attached hydrogen (secondary N) is 1. The van der Waals surface area contributed by atoms with Crippen molar-refractivity contribution in [3.63, 3.8) is 0 Å². The third-order valence-corrected chi connectivity index (χ3v) is 9.60. The molecule has 0 amide bonds. The molecule has 2 aliphatic rings. The second-order valence-electron chi connectivity index (χ2n) is 12.9. The maximum Gasteiger partial charge on any atom is 0.187 e. The lowest BCUT2D eigenvalue weighted by molar-refractivity contribution is -0.0459. The van der Waals surface area contributed by atoms with E-state index in [-0.39, 0.29) is 11.9 Å². The number of nitrogens with two attached hydrogens (primary N) is 1. The van der Waals surface area contributed by atoms with Crippen LogP contribution in [0.1, 0.15) is 46.6 Å². The molecule has 11 nitrogen and oxygen atoms in total. The zero-order valence-corrected chi connectivity index (χ0v) is 28.2. The summed E-state index contributed by atoms with van der Waals surface area (Å²) in [6.45, 7) is 1.59. The summed E-state index contributed by atoms with van der Waals surface area (Å²) in [5.41, 5.74) is 14.0. The summed E-state index contributed by atoms with van der Waals surface area (Å²) in [5, 5.41) is 7.98. The van der Waals surface area contributed by atoms with Gasteiger partial charge in [0.25, 0.3) is 0 Å². The number of imidazole rings is 1. The van der Waals surface area contributed by atoms with Gasteiger partial charge in [-0.15, -0.1) is 0 Å². The zero-order valence-electron chi connectivity index (χ0n) is 28.2. The van der Waals surface area contributed by atoms with Gasteiger partial charge in [0.15, 0.2) is 23.6 Å².